The molecule has 2 aromatic rings. The lowest BCUT2D eigenvalue weighted by Crippen LogP contribution is -2.51. The van der Waals surface area contributed by atoms with Crippen molar-refractivity contribution >= 4 is 53.1 Å². The molecule has 1 heterocycles. The molecule has 0 bridgehead atoms. The van der Waals surface area contributed by atoms with Gasteiger partial charge in [0.1, 0.15) is 11.3 Å². The highest BCUT2D eigenvalue weighted by molar-refractivity contribution is 6.42. The number of barbiturate groups is 1. The number of rotatable bonds is 3. The van der Waals surface area contributed by atoms with Crippen LogP contribution in [0.15, 0.2) is 48.0 Å². The first kappa shape index (κ1) is 18.6. The van der Waals surface area contributed by atoms with E-state index < -0.39 is 23.8 Å². The van der Waals surface area contributed by atoms with Crippen molar-refractivity contribution in [3.05, 3.63) is 69.2 Å². The van der Waals surface area contributed by atoms with Crippen molar-refractivity contribution in [2.75, 3.05) is 0 Å². The van der Waals surface area contributed by atoms with E-state index in [1.54, 1.807) is 12.1 Å². The first-order valence-corrected chi connectivity index (χ1v) is 8.25. The average Bonchev–Trinajstić information content (AvgIpc) is 2.61. The number of carbonyl (C=O) groups is 4. The third-order valence-corrected chi connectivity index (χ3v) is 4.24. The fraction of sp³-hybridized carbons (Fsp3) is 0. The Balaban J connectivity index is 1.73. The number of halogens is 2. The summed E-state index contributed by atoms with van der Waals surface area (Å²) in [5.41, 5.74) is 0.518. The van der Waals surface area contributed by atoms with Gasteiger partial charge in [-0.1, -0.05) is 35.3 Å². The van der Waals surface area contributed by atoms with E-state index in [9.17, 15) is 19.2 Å². The zero-order valence-electron chi connectivity index (χ0n) is 13.4. The van der Waals surface area contributed by atoms with Crippen LogP contribution in [0.2, 0.25) is 10.0 Å². The second-order valence-corrected chi connectivity index (χ2v) is 6.20. The number of imide groups is 2. The molecular formula is C18H10Cl2N2O5. The van der Waals surface area contributed by atoms with E-state index in [4.69, 9.17) is 27.9 Å². The Morgan fingerprint density at radius 1 is 0.889 bits per heavy atom. The highest BCUT2D eigenvalue weighted by Crippen LogP contribution is 2.24. The van der Waals surface area contributed by atoms with Gasteiger partial charge < -0.3 is 4.74 Å². The van der Waals surface area contributed by atoms with Crippen LogP contribution in [0, 0.1) is 0 Å². The topological polar surface area (TPSA) is 102 Å². The zero-order chi connectivity index (χ0) is 19.6. The van der Waals surface area contributed by atoms with Crippen LogP contribution in [-0.4, -0.2) is 23.8 Å². The fourth-order valence-electron chi connectivity index (χ4n) is 2.19. The zero-order valence-corrected chi connectivity index (χ0v) is 14.9. The molecule has 0 atom stereocenters. The Labute approximate surface area is 162 Å². The molecule has 2 N–H and O–H groups in total. The van der Waals surface area contributed by atoms with E-state index in [0.29, 0.717) is 10.6 Å². The van der Waals surface area contributed by atoms with E-state index in [0.717, 1.165) is 0 Å². The number of esters is 1. The largest absolute Gasteiger partial charge is 0.423 e. The van der Waals surface area contributed by atoms with Crippen molar-refractivity contribution in [3.8, 4) is 5.75 Å². The summed E-state index contributed by atoms with van der Waals surface area (Å²) in [5, 5.41) is 4.51. The van der Waals surface area contributed by atoms with Gasteiger partial charge in [0, 0.05) is 0 Å². The van der Waals surface area contributed by atoms with Crippen LogP contribution in [0.4, 0.5) is 4.79 Å². The van der Waals surface area contributed by atoms with Crippen LogP contribution < -0.4 is 15.4 Å². The van der Waals surface area contributed by atoms with Gasteiger partial charge in [0.25, 0.3) is 11.8 Å². The molecule has 7 nitrogen and oxygen atoms in total. The molecule has 9 heteroatoms. The first-order valence-electron chi connectivity index (χ1n) is 7.49. The van der Waals surface area contributed by atoms with Crippen LogP contribution >= 0.6 is 23.2 Å². The summed E-state index contributed by atoms with van der Waals surface area (Å²) < 4.78 is 5.23. The molecule has 27 heavy (non-hydrogen) atoms. The number of urea groups is 1. The van der Waals surface area contributed by atoms with Crippen LogP contribution in [0.25, 0.3) is 6.08 Å². The maximum absolute atomic E-state index is 12.1. The van der Waals surface area contributed by atoms with Gasteiger partial charge in [0.05, 0.1) is 15.6 Å². The highest BCUT2D eigenvalue weighted by Gasteiger charge is 2.27. The number of carbonyl (C=O) groups excluding carboxylic acids is 4. The van der Waals surface area contributed by atoms with Gasteiger partial charge in [-0.3, -0.25) is 20.2 Å². The van der Waals surface area contributed by atoms with Gasteiger partial charge in [-0.2, -0.15) is 0 Å². The lowest BCUT2D eigenvalue weighted by Gasteiger charge is -2.13. The summed E-state index contributed by atoms with van der Waals surface area (Å²) in [4.78, 5) is 46.5. The Hall–Kier alpha value is -3.16. The molecular weight excluding hydrogens is 395 g/mol. The summed E-state index contributed by atoms with van der Waals surface area (Å²) in [6, 6.07) is 9.57. The number of amides is 4. The second-order valence-electron chi connectivity index (χ2n) is 5.38. The van der Waals surface area contributed by atoms with Crippen LogP contribution in [-0.2, 0) is 9.59 Å². The SMILES string of the molecule is O=C1NC(=O)C(=Cc2ccc(OC(=O)c3ccc(Cl)c(Cl)c3)cc2)C(=O)N1. The summed E-state index contributed by atoms with van der Waals surface area (Å²) in [6.45, 7) is 0. The smallest absolute Gasteiger partial charge is 0.343 e. The summed E-state index contributed by atoms with van der Waals surface area (Å²) in [6.07, 6.45) is 1.31. The van der Waals surface area contributed by atoms with Crippen molar-refractivity contribution in [1.29, 1.82) is 0 Å². The number of hydrogen-bond acceptors (Lipinski definition) is 5. The molecule has 0 radical (unpaired) electrons. The van der Waals surface area contributed by atoms with Gasteiger partial charge in [0.2, 0.25) is 0 Å². The average molecular weight is 405 g/mol. The standard InChI is InChI=1S/C18H10Cl2N2O5/c19-13-6-3-10(8-14(13)20)17(25)27-11-4-1-9(2-5-11)7-12-15(23)21-18(26)22-16(12)24/h1-8H,(H2,21,22,23,24,26). The molecule has 0 aliphatic carbocycles. The Morgan fingerprint density at radius 3 is 2.11 bits per heavy atom. The van der Waals surface area contributed by atoms with Crippen LogP contribution in [0.3, 0.4) is 0 Å². The lowest BCUT2D eigenvalue weighted by atomic mass is 10.1. The molecule has 2 aromatic carbocycles. The maximum Gasteiger partial charge on any atom is 0.343 e. The predicted octanol–water partition coefficient (Wildman–Crippen LogP) is 2.96. The molecule has 4 amide bonds. The third-order valence-electron chi connectivity index (χ3n) is 3.50. The Kier molecular flexibility index (Phi) is 5.25. The monoisotopic (exact) mass is 404 g/mol. The molecule has 1 aliphatic rings. The van der Waals surface area contributed by atoms with Gasteiger partial charge in [0.15, 0.2) is 0 Å². The van der Waals surface area contributed by atoms with Gasteiger partial charge in [-0.15, -0.1) is 0 Å². The minimum Gasteiger partial charge on any atom is -0.423 e. The molecule has 136 valence electrons. The van der Waals surface area contributed by atoms with E-state index in [2.05, 4.69) is 0 Å². The summed E-state index contributed by atoms with van der Waals surface area (Å²) >= 11 is 11.7. The van der Waals surface area contributed by atoms with Gasteiger partial charge in [-0.05, 0) is 42.0 Å². The molecule has 1 fully saturated rings. The third kappa shape index (κ3) is 4.33. The van der Waals surface area contributed by atoms with Gasteiger partial charge in [-0.25, -0.2) is 9.59 Å². The second kappa shape index (κ2) is 7.61. The predicted molar refractivity (Wildman–Crippen MR) is 97.5 cm³/mol. The fourth-order valence-corrected chi connectivity index (χ4v) is 2.49. The van der Waals surface area contributed by atoms with Crippen LogP contribution in [0.5, 0.6) is 5.75 Å². The lowest BCUT2D eigenvalue weighted by molar-refractivity contribution is -0.123. The van der Waals surface area contributed by atoms with Gasteiger partial charge >= 0.3 is 12.0 Å². The molecule has 1 saturated heterocycles. The van der Waals surface area contributed by atoms with Crippen molar-refractivity contribution in [1.82, 2.24) is 10.6 Å². The Bertz CT molecular complexity index is 977. The van der Waals surface area contributed by atoms with Crippen molar-refractivity contribution < 1.29 is 23.9 Å². The molecule has 0 unspecified atom stereocenters. The van der Waals surface area contributed by atoms with E-state index >= 15 is 0 Å². The highest BCUT2D eigenvalue weighted by atomic mass is 35.5. The number of ether oxygens (including phenoxy) is 1. The minimum atomic E-state index is -0.869. The van der Waals surface area contributed by atoms with E-state index in [1.165, 1.54) is 36.4 Å². The van der Waals surface area contributed by atoms with Crippen molar-refractivity contribution in [2.45, 2.75) is 0 Å². The minimum absolute atomic E-state index is 0.213. The van der Waals surface area contributed by atoms with Crippen LogP contribution in [0.1, 0.15) is 15.9 Å². The molecule has 0 saturated carbocycles. The van der Waals surface area contributed by atoms with Crippen molar-refractivity contribution in [3.63, 3.8) is 0 Å². The van der Waals surface area contributed by atoms with E-state index in [-0.39, 0.29) is 21.9 Å². The molecule has 0 spiro atoms. The number of hydrogen-bond donors (Lipinski definition) is 2. The molecule has 0 aromatic heterocycles. The normalized spacial score (nSPS) is 13.7. The molecule has 1 aliphatic heterocycles. The number of benzene rings is 2. The summed E-state index contributed by atoms with van der Waals surface area (Å²) in [5.74, 6) is -1.96. The first-order chi connectivity index (χ1) is 12.8. The van der Waals surface area contributed by atoms with E-state index in [1.807, 2.05) is 10.6 Å². The molecule has 3 rings (SSSR count). The maximum atomic E-state index is 12.1. The van der Waals surface area contributed by atoms with Crippen molar-refractivity contribution in [2.24, 2.45) is 0 Å². The number of nitrogens with one attached hydrogen (secondary N) is 2. The quantitative estimate of drug-likeness (QED) is 0.354. The summed E-state index contributed by atoms with van der Waals surface area (Å²) in [7, 11) is 0. The Morgan fingerprint density at radius 2 is 1.52 bits per heavy atom.